The highest BCUT2D eigenvalue weighted by atomic mass is 79.9. The number of alkyl halides is 1. The number of halogens is 1. The van der Waals surface area contributed by atoms with Gasteiger partial charge in [-0.05, 0) is 63.1 Å². The van der Waals surface area contributed by atoms with E-state index >= 15 is 0 Å². The van der Waals surface area contributed by atoms with Gasteiger partial charge in [0.1, 0.15) is 30.1 Å². The van der Waals surface area contributed by atoms with Crippen molar-refractivity contribution >= 4 is 33.9 Å². The molecule has 0 unspecified atom stereocenters. The Kier molecular flexibility index (Phi) is 10.3. The van der Waals surface area contributed by atoms with Gasteiger partial charge in [-0.25, -0.2) is 4.79 Å². The molecule has 0 N–H and O–H groups in total. The van der Waals surface area contributed by atoms with Crippen LogP contribution in [0.5, 0.6) is 17.2 Å². The van der Waals surface area contributed by atoms with Crippen LogP contribution < -0.4 is 9.47 Å². The van der Waals surface area contributed by atoms with Crippen LogP contribution in [0, 0.1) is 5.41 Å². The first kappa shape index (κ1) is 32.2. The Morgan fingerprint density at radius 1 is 0.951 bits per heavy atom. The van der Waals surface area contributed by atoms with Crippen molar-refractivity contribution in [3.05, 3.63) is 53.6 Å². The summed E-state index contributed by atoms with van der Waals surface area (Å²) >= 11 is 3.46. The normalized spacial score (nSPS) is 17.4. The lowest BCUT2D eigenvalue weighted by molar-refractivity contribution is -0.150. The van der Waals surface area contributed by atoms with Crippen LogP contribution in [0.4, 0.5) is 4.79 Å². The molecule has 1 aliphatic heterocycles. The number of carbonyl (C=O) groups is 3. The average Bonchev–Trinajstić information content (AvgIpc) is 3.15. The van der Waals surface area contributed by atoms with Crippen molar-refractivity contribution in [2.75, 3.05) is 20.3 Å². The summed E-state index contributed by atoms with van der Waals surface area (Å²) in [6.07, 6.45) is -1.09. The van der Waals surface area contributed by atoms with Gasteiger partial charge in [-0.15, -0.1) is 0 Å². The molecule has 1 fully saturated rings. The van der Waals surface area contributed by atoms with E-state index in [1.54, 1.807) is 34.8 Å². The molecule has 3 rings (SSSR count). The molecule has 1 saturated heterocycles. The Labute approximate surface area is 251 Å². The number of carbonyl (C=O) groups excluding carboxylic acids is 3. The molecule has 2 aromatic carbocycles. The van der Waals surface area contributed by atoms with E-state index in [1.165, 1.54) is 9.80 Å². The zero-order chi connectivity index (χ0) is 30.5. The summed E-state index contributed by atoms with van der Waals surface area (Å²) in [5, 5.41) is 0.679. The van der Waals surface area contributed by atoms with Crippen LogP contribution in [0.25, 0.3) is 0 Å². The first-order valence-corrected chi connectivity index (χ1v) is 14.8. The molecule has 2 aromatic rings. The topological polar surface area (TPSA) is 94.6 Å². The van der Waals surface area contributed by atoms with Crippen LogP contribution in [-0.4, -0.2) is 65.8 Å². The summed E-state index contributed by atoms with van der Waals surface area (Å²) in [6, 6.07) is 12.2. The third-order valence-corrected chi connectivity index (χ3v) is 7.06. The average molecular weight is 634 g/mol. The van der Waals surface area contributed by atoms with E-state index in [0.29, 0.717) is 22.6 Å². The third kappa shape index (κ3) is 8.15. The van der Waals surface area contributed by atoms with Crippen molar-refractivity contribution in [1.29, 1.82) is 0 Å². The molecule has 2 atom stereocenters. The molecule has 0 radical (unpaired) electrons. The molecule has 0 saturated carbocycles. The minimum atomic E-state index is -0.869. The number of nitrogens with zero attached hydrogens (tertiary/aromatic N) is 2. The Hall–Kier alpha value is -3.27. The SMILES string of the molecule is CCOC(=O)CN1C(=O)[C@H](Cc2ccc(Oc3cc(CBr)ccc3OC)cc2)N(C(=O)OC(C)(C)C)[C@H]1C(C)(C)C. The molecule has 0 aliphatic carbocycles. The van der Waals surface area contributed by atoms with Crippen LogP contribution in [-0.2, 0) is 30.8 Å². The standard InChI is InChI=1S/C31H41BrN2O7/c1-9-39-26(35)19-33-27(36)23(34(28(33)30(2,3)4)29(37)41-31(5,6)7)16-20-10-13-22(14-11-20)40-25-17-21(18-32)12-15-24(25)38-8/h10-15,17,23,28H,9,16,18-19H2,1-8H3/t23-,28-/m0/s1. The minimum Gasteiger partial charge on any atom is -0.493 e. The molecule has 1 aliphatic rings. The van der Waals surface area contributed by atoms with Gasteiger partial charge in [-0.2, -0.15) is 0 Å². The van der Waals surface area contributed by atoms with E-state index in [-0.39, 0.29) is 25.5 Å². The molecule has 10 heteroatoms. The highest BCUT2D eigenvalue weighted by Gasteiger charge is 2.54. The maximum absolute atomic E-state index is 13.9. The maximum Gasteiger partial charge on any atom is 0.412 e. The number of ether oxygens (including phenoxy) is 4. The Morgan fingerprint density at radius 3 is 2.12 bits per heavy atom. The minimum absolute atomic E-state index is 0.195. The summed E-state index contributed by atoms with van der Waals surface area (Å²) in [5.74, 6) is 0.929. The fourth-order valence-corrected chi connectivity index (χ4v) is 5.15. The number of rotatable bonds is 9. The lowest BCUT2D eigenvalue weighted by Gasteiger charge is -2.40. The molecule has 0 bridgehead atoms. The second kappa shape index (κ2) is 13.1. The van der Waals surface area contributed by atoms with Crippen molar-refractivity contribution in [3.8, 4) is 17.2 Å². The summed E-state index contributed by atoms with van der Waals surface area (Å²) in [7, 11) is 1.59. The van der Waals surface area contributed by atoms with Gasteiger partial charge in [0, 0.05) is 17.2 Å². The van der Waals surface area contributed by atoms with Crippen LogP contribution in [0.3, 0.4) is 0 Å². The number of benzene rings is 2. The second-order valence-corrected chi connectivity index (χ2v) is 12.5. The first-order valence-electron chi connectivity index (χ1n) is 13.7. The molecular formula is C31H41BrN2O7. The molecule has 41 heavy (non-hydrogen) atoms. The fraction of sp³-hybridized carbons (Fsp3) is 0.516. The zero-order valence-corrected chi connectivity index (χ0v) is 26.7. The van der Waals surface area contributed by atoms with E-state index in [9.17, 15) is 14.4 Å². The Morgan fingerprint density at radius 2 is 1.59 bits per heavy atom. The molecular weight excluding hydrogens is 592 g/mol. The Balaban J connectivity index is 1.92. The summed E-state index contributed by atoms with van der Waals surface area (Å²) in [6.45, 7) is 12.8. The molecule has 224 valence electrons. The van der Waals surface area contributed by atoms with Crippen molar-refractivity contribution in [3.63, 3.8) is 0 Å². The zero-order valence-electron chi connectivity index (χ0n) is 25.2. The Bertz CT molecular complexity index is 1230. The second-order valence-electron chi connectivity index (χ2n) is 12.0. The molecule has 9 nitrogen and oxygen atoms in total. The van der Waals surface area contributed by atoms with Crippen LogP contribution in [0.15, 0.2) is 42.5 Å². The van der Waals surface area contributed by atoms with Crippen molar-refractivity contribution in [2.24, 2.45) is 5.41 Å². The van der Waals surface area contributed by atoms with Gasteiger partial charge in [-0.3, -0.25) is 14.5 Å². The van der Waals surface area contributed by atoms with E-state index in [2.05, 4.69) is 15.9 Å². The van der Waals surface area contributed by atoms with Crippen LogP contribution in [0.2, 0.25) is 0 Å². The predicted molar refractivity (Wildman–Crippen MR) is 159 cm³/mol. The lowest BCUT2D eigenvalue weighted by atomic mass is 9.91. The number of hydrogen-bond donors (Lipinski definition) is 0. The molecule has 2 amide bonds. The van der Waals surface area contributed by atoms with Crippen molar-refractivity contribution < 1.29 is 33.3 Å². The largest absolute Gasteiger partial charge is 0.493 e. The van der Waals surface area contributed by atoms with Gasteiger partial charge in [0.05, 0.1) is 13.7 Å². The maximum atomic E-state index is 13.9. The summed E-state index contributed by atoms with van der Waals surface area (Å²) in [5.41, 5.74) is 0.512. The number of methoxy groups -OCH3 is 1. The number of hydrogen-bond acceptors (Lipinski definition) is 7. The van der Waals surface area contributed by atoms with Crippen molar-refractivity contribution in [2.45, 2.75) is 78.0 Å². The highest BCUT2D eigenvalue weighted by Crippen LogP contribution is 2.38. The first-order chi connectivity index (χ1) is 19.2. The number of esters is 1. The number of amides is 2. The van der Waals surface area contributed by atoms with Crippen LogP contribution >= 0.6 is 15.9 Å². The lowest BCUT2D eigenvalue weighted by Crippen LogP contribution is -2.54. The van der Waals surface area contributed by atoms with E-state index in [0.717, 1.165) is 11.1 Å². The quantitative estimate of drug-likeness (QED) is 0.236. The van der Waals surface area contributed by atoms with Gasteiger partial charge < -0.3 is 23.8 Å². The summed E-state index contributed by atoms with van der Waals surface area (Å²) in [4.78, 5) is 42.8. The molecule has 1 heterocycles. The molecule has 0 aromatic heterocycles. The van der Waals surface area contributed by atoms with Gasteiger partial charge in [0.15, 0.2) is 11.5 Å². The van der Waals surface area contributed by atoms with Crippen LogP contribution in [0.1, 0.15) is 59.6 Å². The fourth-order valence-electron chi connectivity index (χ4n) is 4.80. The smallest absolute Gasteiger partial charge is 0.412 e. The van der Waals surface area contributed by atoms with Gasteiger partial charge in [0.2, 0.25) is 5.91 Å². The molecule has 0 spiro atoms. The van der Waals surface area contributed by atoms with E-state index in [4.69, 9.17) is 18.9 Å². The highest BCUT2D eigenvalue weighted by molar-refractivity contribution is 9.08. The van der Waals surface area contributed by atoms with E-state index < -0.39 is 35.3 Å². The third-order valence-electron chi connectivity index (χ3n) is 6.41. The van der Waals surface area contributed by atoms with Gasteiger partial charge >= 0.3 is 12.1 Å². The summed E-state index contributed by atoms with van der Waals surface area (Å²) < 4.78 is 22.4. The van der Waals surface area contributed by atoms with Gasteiger partial charge in [-0.1, -0.05) is 54.9 Å². The predicted octanol–water partition coefficient (Wildman–Crippen LogP) is 6.31. The van der Waals surface area contributed by atoms with Gasteiger partial charge in [0.25, 0.3) is 0 Å². The van der Waals surface area contributed by atoms with Crippen molar-refractivity contribution in [1.82, 2.24) is 9.80 Å². The monoisotopic (exact) mass is 632 g/mol. The van der Waals surface area contributed by atoms with E-state index in [1.807, 2.05) is 63.2 Å².